The Hall–Kier alpha value is -3.44. The number of halogens is 2. The summed E-state index contributed by atoms with van der Waals surface area (Å²) < 4.78 is 24.3. The van der Waals surface area contributed by atoms with Gasteiger partial charge in [-0.1, -0.05) is 41.9 Å². The molecule has 3 aromatic carbocycles. The van der Waals surface area contributed by atoms with Crippen LogP contribution < -0.4 is 9.47 Å². The molecule has 0 aromatic heterocycles. The molecular weight excluding hydrogens is 395 g/mol. The van der Waals surface area contributed by atoms with Gasteiger partial charge < -0.3 is 9.47 Å². The van der Waals surface area contributed by atoms with Crippen molar-refractivity contribution in [2.75, 3.05) is 7.11 Å². The first-order chi connectivity index (χ1) is 14.0. The second-order valence-corrected chi connectivity index (χ2v) is 6.36. The van der Waals surface area contributed by atoms with Crippen molar-refractivity contribution in [3.63, 3.8) is 0 Å². The molecule has 29 heavy (non-hydrogen) atoms. The molecule has 3 rings (SSSR count). The number of para-hydroxylation sites is 1. The van der Waals surface area contributed by atoms with Gasteiger partial charge in [0, 0.05) is 5.02 Å². The highest BCUT2D eigenvalue weighted by Crippen LogP contribution is 2.25. The van der Waals surface area contributed by atoms with Crippen LogP contribution in [0.3, 0.4) is 0 Å². The van der Waals surface area contributed by atoms with Crippen LogP contribution >= 0.6 is 11.6 Å². The van der Waals surface area contributed by atoms with Gasteiger partial charge >= 0.3 is 5.97 Å². The lowest BCUT2D eigenvalue weighted by molar-refractivity contribution is 0.0729. The molecule has 0 bridgehead atoms. The Morgan fingerprint density at radius 1 is 0.931 bits per heavy atom. The number of carbonyl (C=O) groups excluding carboxylic acids is 2. The summed E-state index contributed by atoms with van der Waals surface area (Å²) in [6, 6.07) is 16.8. The Kier molecular flexibility index (Phi) is 6.42. The minimum Gasteiger partial charge on any atom is -0.496 e. The van der Waals surface area contributed by atoms with Gasteiger partial charge in [0.25, 0.3) is 0 Å². The van der Waals surface area contributed by atoms with Crippen LogP contribution in [0.25, 0.3) is 6.08 Å². The van der Waals surface area contributed by atoms with Gasteiger partial charge in [-0.05, 0) is 54.1 Å². The van der Waals surface area contributed by atoms with E-state index in [0.29, 0.717) is 16.3 Å². The van der Waals surface area contributed by atoms with E-state index in [2.05, 4.69) is 0 Å². The second kappa shape index (κ2) is 9.17. The van der Waals surface area contributed by atoms with Crippen LogP contribution in [0, 0.1) is 5.82 Å². The predicted octanol–water partition coefficient (Wildman–Crippen LogP) is 5.60. The van der Waals surface area contributed by atoms with Crippen LogP contribution in [0.2, 0.25) is 5.02 Å². The molecule has 146 valence electrons. The molecule has 0 radical (unpaired) electrons. The van der Waals surface area contributed by atoms with Gasteiger partial charge in [-0.2, -0.15) is 0 Å². The van der Waals surface area contributed by atoms with Gasteiger partial charge in [0.2, 0.25) is 0 Å². The zero-order valence-corrected chi connectivity index (χ0v) is 16.2. The van der Waals surface area contributed by atoms with E-state index < -0.39 is 17.6 Å². The summed E-state index contributed by atoms with van der Waals surface area (Å²) >= 11 is 6.07. The highest BCUT2D eigenvalue weighted by atomic mass is 35.5. The quantitative estimate of drug-likeness (QED) is 0.229. The third-order valence-electron chi connectivity index (χ3n) is 4.06. The van der Waals surface area contributed by atoms with Crippen molar-refractivity contribution in [2.45, 2.75) is 0 Å². The summed E-state index contributed by atoms with van der Waals surface area (Å²) in [5.41, 5.74) is 0.729. The van der Waals surface area contributed by atoms with Gasteiger partial charge in [0.05, 0.1) is 12.7 Å². The molecule has 4 nitrogen and oxygen atoms in total. The molecule has 0 aliphatic heterocycles. The minimum absolute atomic E-state index is 0.0592. The Labute approximate surface area is 172 Å². The molecule has 0 spiro atoms. The van der Waals surface area contributed by atoms with E-state index in [0.717, 1.165) is 12.1 Å². The van der Waals surface area contributed by atoms with Crippen LogP contribution in [0.5, 0.6) is 11.5 Å². The lowest BCUT2D eigenvalue weighted by atomic mass is 10.1. The van der Waals surface area contributed by atoms with Gasteiger partial charge in [0.1, 0.15) is 22.9 Å². The molecule has 0 saturated heterocycles. The smallest absolute Gasteiger partial charge is 0.347 e. The molecule has 3 aromatic rings. The Morgan fingerprint density at radius 3 is 2.41 bits per heavy atom. The number of hydrogen-bond donors (Lipinski definition) is 0. The lowest BCUT2D eigenvalue weighted by Gasteiger charge is -2.10. The Balaban J connectivity index is 1.89. The third-order valence-corrected chi connectivity index (χ3v) is 4.40. The first-order valence-electron chi connectivity index (χ1n) is 8.61. The SMILES string of the molecule is COc1ccccc1C(=O)Oc1ccc(F)cc1C(=O)C=Cc1ccccc1Cl. The van der Waals surface area contributed by atoms with E-state index in [-0.39, 0.29) is 16.9 Å². The topological polar surface area (TPSA) is 52.6 Å². The summed E-state index contributed by atoms with van der Waals surface area (Å²) in [6.07, 6.45) is 2.76. The molecule has 0 heterocycles. The maximum atomic E-state index is 13.8. The third kappa shape index (κ3) is 4.89. The summed E-state index contributed by atoms with van der Waals surface area (Å²) in [4.78, 5) is 25.2. The van der Waals surface area contributed by atoms with Crippen molar-refractivity contribution in [3.05, 3.63) is 100 Å². The summed E-state index contributed by atoms with van der Waals surface area (Å²) in [5.74, 6) is -1.62. The normalized spacial score (nSPS) is 10.7. The number of ether oxygens (including phenoxy) is 2. The number of ketones is 1. The van der Waals surface area contributed by atoms with Gasteiger partial charge in [0.15, 0.2) is 5.78 Å². The molecular formula is C23H16ClFO4. The van der Waals surface area contributed by atoms with E-state index in [1.54, 1.807) is 42.5 Å². The number of rotatable bonds is 6. The van der Waals surface area contributed by atoms with E-state index in [4.69, 9.17) is 21.1 Å². The van der Waals surface area contributed by atoms with Crippen LogP contribution in [-0.2, 0) is 0 Å². The predicted molar refractivity (Wildman–Crippen MR) is 109 cm³/mol. The van der Waals surface area contributed by atoms with Crippen molar-refractivity contribution < 1.29 is 23.5 Å². The number of esters is 1. The average Bonchev–Trinajstić information content (AvgIpc) is 2.74. The van der Waals surface area contributed by atoms with E-state index in [9.17, 15) is 14.0 Å². The highest BCUT2D eigenvalue weighted by molar-refractivity contribution is 6.32. The van der Waals surface area contributed by atoms with Crippen molar-refractivity contribution in [1.29, 1.82) is 0 Å². The number of benzene rings is 3. The minimum atomic E-state index is -0.724. The zero-order chi connectivity index (χ0) is 20.8. The molecule has 0 saturated carbocycles. The fourth-order valence-electron chi connectivity index (χ4n) is 2.62. The first-order valence-corrected chi connectivity index (χ1v) is 8.99. The maximum absolute atomic E-state index is 13.8. The maximum Gasteiger partial charge on any atom is 0.347 e. The summed E-state index contributed by atoms with van der Waals surface area (Å²) in [5, 5.41) is 0.471. The van der Waals surface area contributed by atoms with Gasteiger partial charge in [-0.25, -0.2) is 9.18 Å². The molecule has 0 N–H and O–H groups in total. The van der Waals surface area contributed by atoms with Crippen molar-refractivity contribution >= 4 is 29.4 Å². The molecule has 0 unspecified atom stereocenters. The largest absolute Gasteiger partial charge is 0.496 e. The van der Waals surface area contributed by atoms with E-state index in [1.165, 1.54) is 31.4 Å². The average molecular weight is 411 g/mol. The molecule has 0 atom stereocenters. The zero-order valence-electron chi connectivity index (χ0n) is 15.4. The molecule has 0 aliphatic carbocycles. The van der Waals surface area contributed by atoms with Crippen LogP contribution in [0.1, 0.15) is 26.3 Å². The molecule has 6 heteroatoms. The summed E-state index contributed by atoms with van der Waals surface area (Å²) in [6.45, 7) is 0. The van der Waals surface area contributed by atoms with Gasteiger partial charge in [-0.15, -0.1) is 0 Å². The lowest BCUT2D eigenvalue weighted by Crippen LogP contribution is -2.12. The van der Waals surface area contributed by atoms with Crippen LogP contribution in [0.4, 0.5) is 4.39 Å². The van der Waals surface area contributed by atoms with E-state index in [1.807, 2.05) is 0 Å². The van der Waals surface area contributed by atoms with E-state index >= 15 is 0 Å². The standard InChI is InChI=1S/C23H16ClFO4/c1-28-21-9-5-3-7-17(21)23(27)29-22-13-11-16(25)14-18(22)20(26)12-10-15-6-2-4-8-19(15)24/h2-14H,1H3. The number of allylic oxidation sites excluding steroid dienone is 1. The number of hydrogen-bond acceptors (Lipinski definition) is 4. The second-order valence-electron chi connectivity index (χ2n) is 5.95. The van der Waals surface area contributed by atoms with Gasteiger partial charge in [-0.3, -0.25) is 4.79 Å². The van der Waals surface area contributed by atoms with Crippen LogP contribution in [-0.4, -0.2) is 18.9 Å². The first kappa shape index (κ1) is 20.3. The Morgan fingerprint density at radius 2 is 1.66 bits per heavy atom. The number of methoxy groups -OCH3 is 1. The molecule has 0 aliphatic rings. The van der Waals surface area contributed by atoms with Crippen LogP contribution in [0.15, 0.2) is 72.8 Å². The highest BCUT2D eigenvalue weighted by Gasteiger charge is 2.18. The van der Waals surface area contributed by atoms with Crippen molar-refractivity contribution in [2.24, 2.45) is 0 Å². The monoisotopic (exact) mass is 410 g/mol. The summed E-state index contributed by atoms with van der Waals surface area (Å²) in [7, 11) is 1.43. The van der Waals surface area contributed by atoms with Crippen molar-refractivity contribution in [1.82, 2.24) is 0 Å². The fraction of sp³-hybridized carbons (Fsp3) is 0.0435. The Bertz CT molecular complexity index is 1090. The number of carbonyl (C=O) groups is 2. The molecule has 0 amide bonds. The fourth-order valence-corrected chi connectivity index (χ4v) is 2.82. The van der Waals surface area contributed by atoms with Crippen molar-refractivity contribution in [3.8, 4) is 11.5 Å². The molecule has 0 fully saturated rings.